The Morgan fingerprint density at radius 2 is 2.00 bits per heavy atom. The molecule has 19 heavy (non-hydrogen) atoms. The van der Waals surface area contributed by atoms with Crippen LogP contribution in [0.3, 0.4) is 0 Å². The number of benzene rings is 1. The second kappa shape index (κ2) is 6.56. The number of nitrogens with one attached hydrogen (secondary N) is 1. The Labute approximate surface area is 121 Å². The van der Waals surface area contributed by atoms with E-state index >= 15 is 0 Å². The Bertz CT molecular complexity index is 587. The molecule has 0 atom stereocenters. The van der Waals surface area contributed by atoms with E-state index in [1.165, 1.54) is 12.1 Å². The van der Waals surface area contributed by atoms with Crippen LogP contribution in [0.25, 0.3) is 0 Å². The quantitative estimate of drug-likeness (QED) is 0.788. The molecule has 0 aliphatic heterocycles. The molecule has 0 fully saturated rings. The number of sulfonamides is 1. The predicted molar refractivity (Wildman–Crippen MR) is 73.5 cm³/mol. The summed E-state index contributed by atoms with van der Waals surface area (Å²) in [5, 5.41) is 8.48. The highest BCUT2D eigenvalue weighted by Gasteiger charge is 2.24. The van der Waals surface area contributed by atoms with Crippen molar-refractivity contribution in [3.8, 4) is 0 Å². The van der Waals surface area contributed by atoms with Crippen molar-refractivity contribution in [1.82, 2.24) is 4.72 Å². The first kappa shape index (κ1) is 16.2. The van der Waals surface area contributed by atoms with Crippen LogP contribution >= 0.6 is 23.2 Å². The van der Waals surface area contributed by atoms with E-state index < -0.39 is 21.6 Å². The number of halogens is 2. The summed E-state index contributed by atoms with van der Waals surface area (Å²) < 4.78 is 26.3. The summed E-state index contributed by atoms with van der Waals surface area (Å²) in [5.41, 5.74) is -0.415. The van der Waals surface area contributed by atoms with Crippen LogP contribution in [0.5, 0.6) is 0 Å². The number of rotatable bonds is 6. The fourth-order valence-corrected chi connectivity index (χ4v) is 3.39. The largest absolute Gasteiger partial charge is 0.478 e. The van der Waals surface area contributed by atoms with Gasteiger partial charge in [-0.1, -0.05) is 36.5 Å². The maximum atomic E-state index is 12.0. The third kappa shape index (κ3) is 3.82. The maximum absolute atomic E-state index is 12.0. The number of carboxylic acid groups (broad SMARTS) is 1. The third-order valence-electron chi connectivity index (χ3n) is 2.38. The summed E-state index contributed by atoms with van der Waals surface area (Å²) in [6.07, 6.45) is 1.51. The van der Waals surface area contributed by atoms with Crippen LogP contribution in [0.15, 0.2) is 17.0 Å². The monoisotopic (exact) mass is 325 g/mol. The van der Waals surface area contributed by atoms with Crippen molar-refractivity contribution in [2.75, 3.05) is 6.54 Å². The molecule has 0 saturated heterocycles. The van der Waals surface area contributed by atoms with Gasteiger partial charge in [0.25, 0.3) is 0 Å². The van der Waals surface area contributed by atoms with Crippen molar-refractivity contribution in [2.24, 2.45) is 0 Å². The van der Waals surface area contributed by atoms with Crippen LogP contribution in [-0.4, -0.2) is 26.0 Å². The van der Waals surface area contributed by atoms with E-state index in [2.05, 4.69) is 4.72 Å². The minimum atomic E-state index is -3.84. The summed E-state index contributed by atoms with van der Waals surface area (Å²) >= 11 is 11.5. The first-order valence-corrected chi connectivity index (χ1v) is 7.76. The third-order valence-corrected chi connectivity index (χ3v) is 4.70. The Balaban J connectivity index is 3.21. The van der Waals surface area contributed by atoms with Gasteiger partial charge in [-0.2, -0.15) is 0 Å². The summed E-state index contributed by atoms with van der Waals surface area (Å²) in [7, 11) is -3.84. The van der Waals surface area contributed by atoms with E-state index in [1.54, 1.807) is 0 Å². The SMILES string of the molecule is CCCCNS(=O)(=O)c1ccc(Cl)c(C(=O)O)c1Cl. The molecule has 0 amide bonds. The van der Waals surface area contributed by atoms with Crippen LogP contribution in [0.1, 0.15) is 30.1 Å². The number of carbonyl (C=O) groups is 1. The topological polar surface area (TPSA) is 83.5 Å². The molecule has 5 nitrogen and oxygen atoms in total. The molecular formula is C11H13Cl2NO4S. The molecule has 0 heterocycles. The van der Waals surface area contributed by atoms with E-state index in [0.29, 0.717) is 6.42 Å². The van der Waals surface area contributed by atoms with E-state index in [9.17, 15) is 13.2 Å². The van der Waals surface area contributed by atoms with Gasteiger partial charge in [-0.3, -0.25) is 0 Å². The van der Waals surface area contributed by atoms with Gasteiger partial charge in [0, 0.05) is 6.54 Å². The van der Waals surface area contributed by atoms with Crippen LogP contribution in [0.4, 0.5) is 0 Å². The Kier molecular flexibility index (Phi) is 5.61. The first-order chi connectivity index (χ1) is 8.81. The van der Waals surface area contributed by atoms with Crippen LogP contribution in [0.2, 0.25) is 10.0 Å². The minimum absolute atomic E-state index is 0.106. The van der Waals surface area contributed by atoms with E-state index in [4.69, 9.17) is 28.3 Å². The number of hydrogen-bond acceptors (Lipinski definition) is 3. The van der Waals surface area contributed by atoms with Crippen LogP contribution in [-0.2, 0) is 10.0 Å². The van der Waals surface area contributed by atoms with Crippen molar-refractivity contribution >= 4 is 39.2 Å². The molecule has 0 unspecified atom stereocenters. The van der Waals surface area contributed by atoms with Gasteiger partial charge >= 0.3 is 5.97 Å². The summed E-state index contributed by atoms with van der Waals surface area (Å²) in [4.78, 5) is 10.7. The van der Waals surface area contributed by atoms with Gasteiger partial charge < -0.3 is 5.11 Å². The maximum Gasteiger partial charge on any atom is 0.338 e. The van der Waals surface area contributed by atoms with Crippen LogP contribution < -0.4 is 4.72 Å². The number of hydrogen-bond donors (Lipinski definition) is 2. The van der Waals surface area contributed by atoms with E-state index in [1.807, 2.05) is 6.92 Å². The van der Waals surface area contributed by atoms with E-state index in [0.717, 1.165) is 6.42 Å². The second-order valence-corrected chi connectivity index (χ2v) is 6.31. The van der Waals surface area contributed by atoms with Crippen molar-refractivity contribution in [3.63, 3.8) is 0 Å². The minimum Gasteiger partial charge on any atom is -0.478 e. The van der Waals surface area contributed by atoms with E-state index in [-0.39, 0.29) is 21.5 Å². The molecule has 1 aromatic carbocycles. The Hall–Kier alpha value is -0.820. The molecule has 0 bridgehead atoms. The molecule has 2 N–H and O–H groups in total. The standard InChI is InChI=1S/C11H13Cl2NO4S/c1-2-3-6-14-19(17,18)8-5-4-7(12)9(10(8)13)11(15)16/h4-5,14H,2-3,6H2,1H3,(H,15,16). The van der Waals surface area contributed by atoms with Crippen molar-refractivity contribution in [3.05, 3.63) is 27.7 Å². The molecule has 0 aromatic heterocycles. The molecule has 0 saturated carbocycles. The van der Waals surface area contributed by atoms with Gasteiger partial charge in [0.1, 0.15) is 4.90 Å². The lowest BCUT2D eigenvalue weighted by Gasteiger charge is -2.10. The lowest BCUT2D eigenvalue weighted by Crippen LogP contribution is -2.25. The van der Waals surface area contributed by atoms with Gasteiger partial charge in [0.05, 0.1) is 15.6 Å². The molecular weight excluding hydrogens is 313 g/mol. The molecule has 106 valence electrons. The highest BCUT2D eigenvalue weighted by molar-refractivity contribution is 7.89. The average Bonchev–Trinajstić information content (AvgIpc) is 2.28. The number of unbranched alkanes of at least 4 members (excludes halogenated alkanes) is 1. The fraction of sp³-hybridized carbons (Fsp3) is 0.364. The Morgan fingerprint density at radius 1 is 1.37 bits per heavy atom. The Morgan fingerprint density at radius 3 is 2.53 bits per heavy atom. The smallest absolute Gasteiger partial charge is 0.338 e. The molecule has 1 rings (SSSR count). The van der Waals surface area contributed by atoms with Gasteiger partial charge in [-0.05, 0) is 18.6 Å². The zero-order chi connectivity index (χ0) is 14.6. The zero-order valence-corrected chi connectivity index (χ0v) is 12.4. The fourth-order valence-electron chi connectivity index (χ4n) is 1.40. The highest BCUT2D eigenvalue weighted by Crippen LogP contribution is 2.30. The molecule has 0 spiro atoms. The van der Waals surface area contributed by atoms with Gasteiger partial charge in [0.15, 0.2) is 0 Å². The predicted octanol–water partition coefficient (Wildman–Crippen LogP) is 2.77. The van der Waals surface area contributed by atoms with Gasteiger partial charge in [-0.25, -0.2) is 17.9 Å². The molecule has 1 aromatic rings. The highest BCUT2D eigenvalue weighted by atomic mass is 35.5. The van der Waals surface area contributed by atoms with Gasteiger partial charge in [-0.15, -0.1) is 0 Å². The lowest BCUT2D eigenvalue weighted by molar-refractivity contribution is 0.0697. The van der Waals surface area contributed by atoms with Crippen molar-refractivity contribution in [2.45, 2.75) is 24.7 Å². The lowest BCUT2D eigenvalue weighted by atomic mass is 10.2. The zero-order valence-electron chi connectivity index (χ0n) is 10.1. The molecule has 0 aliphatic carbocycles. The van der Waals surface area contributed by atoms with Crippen LogP contribution in [0, 0.1) is 0 Å². The average molecular weight is 326 g/mol. The normalized spacial score (nSPS) is 11.5. The second-order valence-electron chi connectivity index (χ2n) is 3.79. The van der Waals surface area contributed by atoms with Crippen molar-refractivity contribution < 1.29 is 18.3 Å². The first-order valence-electron chi connectivity index (χ1n) is 5.52. The van der Waals surface area contributed by atoms with Crippen molar-refractivity contribution in [1.29, 1.82) is 0 Å². The number of aromatic carboxylic acids is 1. The molecule has 0 radical (unpaired) electrons. The molecule has 8 heteroatoms. The summed E-state index contributed by atoms with van der Waals surface area (Å²) in [6.45, 7) is 2.19. The number of carboxylic acids is 1. The summed E-state index contributed by atoms with van der Waals surface area (Å²) in [6, 6.07) is 2.39. The molecule has 0 aliphatic rings. The summed E-state index contributed by atoms with van der Waals surface area (Å²) in [5.74, 6) is -1.37. The van der Waals surface area contributed by atoms with Gasteiger partial charge in [0.2, 0.25) is 10.0 Å².